The Bertz CT molecular complexity index is 1430. The molecule has 4 aromatic rings. The summed E-state index contributed by atoms with van der Waals surface area (Å²) in [5.74, 6) is 0.360. The fraction of sp³-hybridized carbons (Fsp3) is 0.250. The molecule has 0 spiro atoms. The molecule has 0 atom stereocenters. The fourth-order valence-electron chi connectivity index (χ4n) is 4.80. The molecule has 0 amide bonds. The van der Waals surface area contributed by atoms with Gasteiger partial charge in [0.1, 0.15) is 5.76 Å². The third-order valence-electron chi connectivity index (χ3n) is 6.09. The number of benzene rings is 2. The highest BCUT2D eigenvalue weighted by Gasteiger charge is 2.25. The van der Waals surface area contributed by atoms with Crippen LogP contribution in [-0.4, -0.2) is 25.0 Å². The Morgan fingerprint density at radius 1 is 1.06 bits per heavy atom. The van der Waals surface area contributed by atoms with Gasteiger partial charge in [0.05, 0.1) is 23.3 Å². The number of carboxylic acid groups (broad SMARTS) is 1. The number of hydrogen-bond donors (Lipinski definition) is 1. The number of hydrogen-bond acceptors (Lipinski definition) is 3. The van der Waals surface area contributed by atoms with E-state index in [4.69, 9.17) is 9.84 Å². The molecule has 0 saturated heterocycles. The number of para-hydroxylation sites is 2. The number of carbonyl (C=O) groups is 1. The van der Waals surface area contributed by atoms with Crippen LogP contribution in [0.15, 0.2) is 59.2 Å². The summed E-state index contributed by atoms with van der Waals surface area (Å²) < 4.78 is 10.5. The molecule has 2 aromatic heterocycles. The van der Waals surface area contributed by atoms with Crippen LogP contribution in [0.25, 0.3) is 27.6 Å². The van der Waals surface area contributed by atoms with Gasteiger partial charge in [-0.15, -0.1) is 0 Å². The van der Waals surface area contributed by atoms with Gasteiger partial charge in [-0.2, -0.15) is 0 Å². The molecule has 5 rings (SSSR count). The van der Waals surface area contributed by atoms with Crippen molar-refractivity contribution >= 4 is 33.8 Å². The molecule has 7 nitrogen and oxygen atoms in total. The summed E-state index contributed by atoms with van der Waals surface area (Å²) in [4.78, 5) is 24.8. The Kier molecular flexibility index (Phi) is 4.46. The average molecular weight is 417 g/mol. The summed E-state index contributed by atoms with van der Waals surface area (Å²) in [6, 6.07) is 13.8. The normalized spacial score (nSPS) is 14.1. The monoisotopic (exact) mass is 417 g/mol. The Morgan fingerprint density at radius 3 is 2.58 bits per heavy atom. The maximum absolute atomic E-state index is 13.6. The van der Waals surface area contributed by atoms with Crippen LogP contribution >= 0.6 is 0 Å². The van der Waals surface area contributed by atoms with E-state index in [2.05, 4.69) is 29.8 Å². The minimum Gasteiger partial charge on any atom is -0.449 e. The van der Waals surface area contributed by atoms with E-state index >= 15 is 0 Å². The highest BCUT2D eigenvalue weighted by atomic mass is 16.7. The van der Waals surface area contributed by atoms with Crippen molar-refractivity contribution in [3.63, 3.8) is 0 Å². The van der Waals surface area contributed by atoms with Gasteiger partial charge in [-0.1, -0.05) is 24.3 Å². The van der Waals surface area contributed by atoms with E-state index in [1.807, 2.05) is 37.4 Å². The molecule has 0 saturated carbocycles. The lowest BCUT2D eigenvalue weighted by Crippen LogP contribution is -2.24. The van der Waals surface area contributed by atoms with Crippen LogP contribution in [0.4, 0.5) is 4.79 Å². The van der Waals surface area contributed by atoms with E-state index in [0.717, 1.165) is 33.9 Å². The zero-order chi connectivity index (χ0) is 21.7. The maximum atomic E-state index is 13.6. The minimum atomic E-state index is -1.35. The van der Waals surface area contributed by atoms with E-state index in [-0.39, 0.29) is 5.69 Å². The Balaban J connectivity index is 1.72. The number of aryl methyl sites for hydroxylation is 2. The molecule has 31 heavy (non-hydrogen) atoms. The summed E-state index contributed by atoms with van der Waals surface area (Å²) in [6.07, 6.45) is 2.59. The molecular formula is C24H23N3O4. The first-order chi connectivity index (χ1) is 15.0. The molecule has 158 valence electrons. The molecule has 1 aliphatic carbocycles. The summed E-state index contributed by atoms with van der Waals surface area (Å²) in [7, 11) is 2.01. The van der Waals surface area contributed by atoms with E-state index in [1.165, 1.54) is 5.56 Å². The second-order valence-corrected chi connectivity index (χ2v) is 8.02. The van der Waals surface area contributed by atoms with Gasteiger partial charge in [-0.3, -0.25) is 9.13 Å². The van der Waals surface area contributed by atoms with Crippen molar-refractivity contribution in [2.24, 2.45) is 7.05 Å². The van der Waals surface area contributed by atoms with Crippen molar-refractivity contribution in [3.8, 4) is 0 Å². The van der Waals surface area contributed by atoms with Crippen LogP contribution < -0.4 is 5.69 Å². The standard InChI is InChI=1S/C24H23N3O4/c1-15-7-5-11-20-22(15)16(13-25(20)2)14-26-17-8-3-4-9-18(17)27(23(26)28)19-10-6-12-21(19)31-24(29)30/h3-5,7-9,11,13H,6,10,12,14H2,1-2H3,(H,29,30). The van der Waals surface area contributed by atoms with Gasteiger partial charge in [-0.25, -0.2) is 9.59 Å². The third kappa shape index (κ3) is 3.04. The van der Waals surface area contributed by atoms with Crippen molar-refractivity contribution in [3.05, 3.63) is 76.0 Å². The van der Waals surface area contributed by atoms with Gasteiger partial charge >= 0.3 is 11.8 Å². The first-order valence-electron chi connectivity index (χ1n) is 10.3. The largest absolute Gasteiger partial charge is 0.511 e. The average Bonchev–Trinajstić information content (AvgIpc) is 3.38. The molecule has 0 radical (unpaired) electrons. The summed E-state index contributed by atoms with van der Waals surface area (Å²) in [6.45, 7) is 2.51. The quantitative estimate of drug-likeness (QED) is 0.488. The number of aromatic nitrogens is 3. The molecule has 0 unspecified atom stereocenters. The molecule has 0 aliphatic heterocycles. The predicted molar refractivity (Wildman–Crippen MR) is 119 cm³/mol. The second-order valence-electron chi connectivity index (χ2n) is 8.02. The SMILES string of the molecule is Cc1cccc2c1c(Cn1c(=O)n(C3=C(OC(=O)O)CCC3)c3ccccc31)cn2C. The molecule has 0 fully saturated rings. The zero-order valence-corrected chi connectivity index (χ0v) is 17.5. The number of allylic oxidation sites excluding steroid dienone is 2. The fourth-order valence-corrected chi connectivity index (χ4v) is 4.80. The van der Waals surface area contributed by atoms with Crippen LogP contribution in [0.3, 0.4) is 0 Å². The number of rotatable bonds is 4. The molecule has 0 bridgehead atoms. The van der Waals surface area contributed by atoms with Gasteiger partial charge in [0.15, 0.2) is 0 Å². The first kappa shape index (κ1) is 19.2. The molecule has 2 aromatic carbocycles. The summed E-state index contributed by atoms with van der Waals surface area (Å²) >= 11 is 0. The maximum Gasteiger partial charge on any atom is 0.511 e. The number of ether oxygens (including phenoxy) is 1. The highest BCUT2D eigenvalue weighted by molar-refractivity contribution is 5.87. The predicted octanol–water partition coefficient (Wildman–Crippen LogP) is 4.70. The van der Waals surface area contributed by atoms with Gasteiger partial charge < -0.3 is 14.4 Å². The lowest BCUT2D eigenvalue weighted by Gasteiger charge is -2.07. The zero-order valence-electron chi connectivity index (χ0n) is 17.5. The Labute approximate surface area is 178 Å². The summed E-state index contributed by atoms with van der Waals surface area (Å²) in [5.41, 5.74) is 5.39. The van der Waals surface area contributed by atoms with Crippen molar-refractivity contribution in [1.29, 1.82) is 0 Å². The Morgan fingerprint density at radius 2 is 1.81 bits per heavy atom. The summed E-state index contributed by atoms with van der Waals surface area (Å²) in [5, 5.41) is 10.3. The Hall–Kier alpha value is -3.74. The van der Waals surface area contributed by atoms with Gasteiger partial charge in [0, 0.05) is 30.6 Å². The van der Waals surface area contributed by atoms with Crippen molar-refractivity contribution in [2.75, 3.05) is 0 Å². The van der Waals surface area contributed by atoms with Crippen LogP contribution in [0.2, 0.25) is 0 Å². The van der Waals surface area contributed by atoms with Crippen LogP contribution in [-0.2, 0) is 18.3 Å². The number of nitrogens with zero attached hydrogens (tertiary/aromatic N) is 3. The molecule has 2 heterocycles. The van der Waals surface area contributed by atoms with Crippen LogP contribution in [0.5, 0.6) is 0 Å². The smallest absolute Gasteiger partial charge is 0.449 e. The van der Waals surface area contributed by atoms with E-state index in [0.29, 0.717) is 30.8 Å². The molecule has 1 aliphatic rings. The lowest BCUT2D eigenvalue weighted by molar-refractivity contribution is 0.117. The topological polar surface area (TPSA) is 78.4 Å². The third-order valence-corrected chi connectivity index (χ3v) is 6.09. The van der Waals surface area contributed by atoms with Gasteiger partial charge in [0.2, 0.25) is 0 Å². The van der Waals surface area contributed by atoms with E-state index in [9.17, 15) is 9.59 Å². The van der Waals surface area contributed by atoms with E-state index < -0.39 is 6.16 Å². The number of fused-ring (bicyclic) bond motifs is 2. The second kappa shape index (κ2) is 7.19. The lowest BCUT2D eigenvalue weighted by atomic mass is 10.1. The van der Waals surface area contributed by atoms with E-state index in [1.54, 1.807) is 9.13 Å². The first-order valence-corrected chi connectivity index (χ1v) is 10.3. The molecule has 1 N–H and O–H groups in total. The van der Waals surface area contributed by atoms with Gasteiger partial charge in [-0.05, 0) is 49.1 Å². The number of imidazole rings is 1. The van der Waals surface area contributed by atoms with Crippen molar-refractivity contribution in [1.82, 2.24) is 13.7 Å². The minimum absolute atomic E-state index is 0.185. The van der Waals surface area contributed by atoms with Crippen LogP contribution in [0.1, 0.15) is 30.4 Å². The molecular weight excluding hydrogens is 394 g/mol. The van der Waals surface area contributed by atoms with Crippen LogP contribution in [0, 0.1) is 6.92 Å². The van der Waals surface area contributed by atoms with Crippen molar-refractivity contribution < 1.29 is 14.6 Å². The van der Waals surface area contributed by atoms with Crippen molar-refractivity contribution in [2.45, 2.75) is 32.7 Å². The molecule has 7 heteroatoms. The highest BCUT2D eigenvalue weighted by Crippen LogP contribution is 2.32. The van der Waals surface area contributed by atoms with Gasteiger partial charge in [0.25, 0.3) is 0 Å².